The number of amides is 1. The number of ether oxygens (including phenoxy) is 1. The summed E-state index contributed by atoms with van der Waals surface area (Å²) in [7, 11) is 1.57. The van der Waals surface area contributed by atoms with Gasteiger partial charge in [0.15, 0.2) is 0 Å². The summed E-state index contributed by atoms with van der Waals surface area (Å²) in [5.41, 5.74) is 0.0719. The number of aliphatic hydroxyl groups is 1. The van der Waals surface area contributed by atoms with Gasteiger partial charge < -0.3 is 19.8 Å². The highest BCUT2D eigenvalue weighted by molar-refractivity contribution is 5.67. The van der Waals surface area contributed by atoms with Gasteiger partial charge in [-0.1, -0.05) is 12.1 Å². The molecule has 0 aliphatic carbocycles. The minimum Gasteiger partial charge on any atom is -0.508 e. The Labute approximate surface area is 113 Å². The minimum absolute atomic E-state index is 0.125. The van der Waals surface area contributed by atoms with Gasteiger partial charge in [-0.05, 0) is 38.5 Å². The van der Waals surface area contributed by atoms with E-state index in [2.05, 4.69) is 0 Å². The van der Waals surface area contributed by atoms with Gasteiger partial charge in [0, 0.05) is 7.05 Å². The molecule has 1 unspecified atom stereocenters. The molecule has 0 fully saturated rings. The lowest BCUT2D eigenvalue weighted by Gasteiger charge is -2.26. The lowest BCUT2D eigenvalue weighted by molar-refractivity contribution is 0.0205. The minimum atomic E-state index is -0.821. The van der Waals surface area contributed by atoms with Gasteiger partial charge >= 0.3 is 6.09 Å². The molecule has 0 radical (unpaired) electrons. The topological polar surface area (TPSA) is 70.0 Å². The number of aliphatic hydroxyl groups excluding tert-OH is 1. The Morgan fingerprint density at radius 1 is 1.32 bits per heavy atom. The van der Waals surface area contributed by atoms with Gasteiger partial charge in [-0.2, -0.15) is 0 Å². The molecule has 2 N–H and O–H groups in total. The molecule has 5 nitrogen and oxygen atoms in total. The second-order valence-electron chi connectivity index (χ2n) is 5.47. The molecule has 0 saturated heterocycles. The molecular weight excluding hydrogens is 246 g/mol. The van der Waals surface area contributed by atoms with Crippen LogP contribution in [0.1, 0.15) is 32.4 Å². The first-order chi connectivity index (χ1) is 8.69. The average Bonchev–Trinajstić information content (AvgIpc) is 2.27. The number of phenolic OH excluding ortho intramolecular Hbond substituents is 1. The van der Waals surface area contributed by atoms with Crippen LogP contribution in [0.4, 0.5) is 4.79 Å². The fourth-order valence-corrected chi connectivity index (χ4v) is 1.48. The molecule has 0 saturated carbocycles. The van der Waals surface area contributed by atoms with E-state index in [9.17, 15) is 9.90 Å². The third kappa shape index (κ3) is 5.18. The van der Waals surface area contributed by atoms with E-state index in [0.717, 1.165) is 0 Å². The first-order valence-corrected chi connectivity index (χ1v) is 6.10. The standard InChI is InChI=1S/C14H21NO4/c1-14(2,3)19-13(18)15(4)9-12(17)10-5-7-11(16)8-6-10/h5-8,12,16-17H,9H2,1-4H3. The summed E-state index contributed by atoms with van der Waals surface area (Å²) in [5.74, 6) is 0.136. The summed E-state index contributed by atoms with van der Waals surface area (Å²) >= 11 is 0. The Morgan fingerprint density at radius 3 is 2.32 bits per heavy atom. The number of nitrogens with zero attached hydrogens (tertiary/aromatic N) is 1. The van der Waals surface area contributed by atoms with Crippen LogP contribution in [0.3, 0.4) is 0 Å². The number of carbonyl (C=O) groups is 1. The molecule has 0 bridgehead atoms. The SMILES string of the molecule is CN(CC(O)c1ccc(O)cc1)C(=O)OC(C)(C)C. The molecule has 106 valence electrons. The van der Waals surface area contributed by atoms with E-state index >= 15 is 0 Å². The van der Waals surface area contributed by atoms with E-state index in [1.807, 2.05) is 0 Å². The first-order valence-electron chi connectivity index (χ1n) is 6.10. The molecule has 1 aromatic rings. The molecule has 5 heteroatoms. The maximum absolute atomic E-state index is 11.7. The van der Waals surface area contributed by atoms with Crippen molar-refractivity contribution in [1.29, 1.82) is 0 Å². The molecule has 1 atom stereocenters. The van der Waals surface area contributed by atoms with E-state index in [4.69, 9.17) is 9.84 Å². The van der Waals surface area contributed by atoms with Crippen LogP contribution in [-0.2, 0) is 4.74 Å². The van der Waals surface area contributed by atoms with Gasteiger partial charge in [-0.15, -0.1) is 0 Å². The average molecular weight is 267 g/mol. The molecule has 0 heterocycles. The quantitative estimate of drug-likeness (QED) is 0.881. The van der Waals surface area contributed by atoms with Crippen molar-refractivity contribution in [3.05, 3.63) is 29.8 Å². The summed E-state index contributed by atoms with van der Waals surface area (Å²) in [6, 6.07) is 6.21. The Hall–Kier alpha value is -1.75. The largest absolute Gasteiger partial charge is 0.508 e. The number of benzene rings is 1. The van der Waals surface area contributed by atoms with Gasteiger partial charge in [0.25, 0.3) is 0 Å². The van der Waals surface area contributed by atoms with E-state index in [0.29, 0.717) is 5.56 Å². The highest BCUT2D eigenvalue weighted by atomic mass is 16.6. The Morgan fingerprint density at radius 2 is 1.84 bits per heavy atom. The molecule has 0 spiro atoms. The molecule has 0 aliphatic heterocycles. The Balaban J connectivity index is 2.59. The summed E-state index contributed by atoms with van der Waals surface area (Å²) in [5, 5.41) is 19.2. The van der Waals surface area contributed by atoms with Gasteiger partial charge in [0.05, 0.1) is 12.6 Å². The molecule has 1 rings (SSSR count). The zero-order chi connectivity index (χ0) is 14.6. The molecule has 1 aromatic carbocycles. The van der Waals surface area contributed by atoms with Gasteiger partial charge in [-0.3, -0.25) is 0 Å². The van der Waals surface area contributed by atoms with Gasteiger partial charge in [0.2, 0.25) is 0 Å². The Bertz CT molecular complexity index is 422. The van der Waals surface area contributed by atoms with Crippen molar-refractivity contribution in [2.75, 3.05) is 13.6 Å². The predicted octanol–water partition coefficient (Wildman–Crippen LogP) is 2.29. The van der Waals surface area contributed by atoms with Crippen molar-refractivity contribution in [2.45, 2.75) is 32.5 Å². The molecule has 1 amide bonds. The lowest BCUT2D eigenvalue weighted by atomic mass is 10.1. The van der Waals surface area contributed by atoms with Crippen LogP contribution < -0.4 is 0 Å². The summed E-state index contributed by atoms with van der Waals surface area (Å²) in [6.07, 6.45) is -1.30. The highest BCUT2D eigenvalue weighted by Gasteiger charge is 2.21. The maximum Gasteiger partial charge on any atom is 0.410 e. The van der Waals surface area contributed by atoms with Crippen LogP contribution >= 0.6 is 0 Å². The monoisotopic (exact) mass is 267 g/mol. The molecule has 0 aromatic heterocycles. The first kappa shape index (κ1) is 15.3. The second-order valence-corrected chi connectivity index (χ2v) is 5.47. The van der Waals surface area contributed by atoms with Crippen LogP contribution in [0.15, 0.2) is 24.3 Å². The number of hydrogen-bond acceptors (Lipinski definition) is 4. The number of likely N-dealkylation sites (N-methyl/N-ethyl adjacent to an activating group) is 1. The van der Waals surface area contributed by atoms with E-state index in [1.165, 1.54) is 17.0 Å². The molecule has 19 heavy (non-hydrogen) atoms. The summed E-state index contributed by atoms with van der Waals surface area (Å²) < 4.78 is 5.19. The van der Waals surface area contributed by atoms with Gasteiger partial charge in [-0.25, -0.2) is 4.79 Å². The van der Waals surface area contributed by atoms with Crippen molar-refractivity contribution >= 4 is 6.09 Å². The maximum atomic E-state index is 11.7. The number of hydrogen-bond donors (Lipinski definition) is 2. The molecule has 0 aliphatic rings. The number of rotatable bonds is 3. The fourth-order valence-electron chi connectivity index (χ4n) is 1.48. The number of aromatic hydroxyl groups is 1. The van der Waals surface area contributed by atoms with Crippen molar-refractivity contribution in [3.8, 4) is 5.75 Å². The van der Waals surface area contributed by atoms with Crippen molar-refractivity contribution in [3.63, 3.8) is 0 Å². The smallest absolute Gasteiger partial charge is 0.410 e. The van der Waals surface area contributed by atoms with E-state index in [-0.39, 0.29) is 12.3 Å². The van der Waals surface area contributed by atoms with E-state index in [1.54, 1.807) is 40.0 Å². The summed E-state index contributed by atoms with van der Waals surface area (Å²) in [4.78, 5) is 13.1. The molecular formula is C14H21NO4. The van der Waals surface area contributed by atoms with Crippen LogP contribution in [0, 0.1) is 0 Å². The third-order valence-electron chi connectivity index (χ3n) is 2.43. The highest BCUT2D eigenvalue weighted by Crippen LogP contribution is 2.18. The van der Waals surface area contributed by atoms with Crippen LogP contribution in [0.2, 0.25) is 0 Å². The zero-order valence-electron chi connectivity index (χ0n) is 11.8. The fraction of sp³-hybridized carbons (Fsp3) is 0.500. The van der Waals surface area contributed by atoms with Crippen LogP contribution in [-0.4, -0.2) is 40.4 Å². The Kier molecular flexibility index (Phi) is 4.78. The van der Waals surface area contributed by atoms with Crippen molar-refractivity contribution < 1.29 is 19.7 Å². The van der Waals surface area contributed by atoms with Crippen LogP contribution in [0.25, 0.3) is 0 Å². The normalized spacial score (nSPS) is 12.9. The van der Waals surface area contributed by atoms with Crippen LogP contribution in [0.5, 0.6) is 5.75 Å². The van der Waals surface area contributed by atoms with Crippen molar-refractivity contribution in [2.24, 2.45) is 0 Å². The van der Waals surface area contributed by atoms with Crippen molar-refractivity contribution in [1.82, 2.24) is 4.90 Å². The number of carbonyl (C=O) groups excluding carboxylic acids is 1. The predicted molar refractivity (Wildman–Crippen MR) is 71.9 cm³/mol. The second kappa shape index (κ2) is 5.93. The van der Waals surface area contributed by atoms with E-state index < -0.39 is 17.8 Å². The van der Waals surface area contributed by atoms with Gasteiger partial charge in [0.1, 0.15) is 11.4 Å². The lowest BCUT2D eigenvalue weighted by Crippen LogP contribution is -2.36. The zero-order valence-corrected chi connectivity index (χ0v) is 11.8. The third-order valence-corrected chi connectivity index (χ3v) is 2.43. The summed E-state index contributed by atoms with van der Waals surface area (Å²) in [6.45, 7) is 5.49. The number of phenols is 1.